The molecule has 14 heteroatoms. The lowest BCUT2D eigenvalue weighted by Crippen LogP contribution is -2.69. The van der Waals surface area contributed by atoms with Gasteiger partial charge in [-0.05, 0) is 52.0 Å². The first-order valence-corrected chi connectivity index (χ1v) is 17.1. The molecule has 1 aromatic rings. The van der Waals surface area contributed by atoms with Crippen LogP contribution in [0.15, 0.2) is 47.6 Å². The van der Waals surface area contributed by atoms with Gasteiger partial charge in [-0.3, -0.25) is 24.0 Å². The van der Waals surface area contributed by atoms with Gasteiger partial charge in [0.05, 0.1) is 35.0 Å². The fourth-order valence-corrected chi connectivity index (χ4v) is 8.60. The lowest BCUT2D eigenvalue weighted by Gasteiger charge is -2.53. The van der Waals surface area contributed by atoms with E-state index in [4.69, 9.17) is 28.4 Å². The van der Waals surface area contributed by atoms with Crippen molar-refractivity contribution < 1.29 is 67.7 Å². The molecule has 4 heterocycles. The van der Waals surface area contributed by atoms with E-state index in [0.29, 0.717) is 0 Å². The molecule has 51 heavy (non-hydrogen) atoms. The van der Waals surface area contributed by atoms with Gasteiger partial charge in [0.1, 0.15) is 35.8 Å². The Balaban J connectivity index is 1.07. The van der Waals surface area contributed by atoms with E-state index in [2.05, 4.69) is 0 Å². The van der Waals surface area contributed by atoms with Gasteiger partial charge in [0.2, 0.25) is 0 Å². The van der Waals surface area contributed by atoms with Crippen molar-refractivity contribution >= 4 is 28.9 Å². The number of allylic oxidation sites excluding steroid dienone is 2. The molecule has 0 bridgehead atoms. The molecule has 4 fully saturated rings. The first kappa shape index (κ1) is 34.4. The van der Waals surface area contributed by atoms with Crippen LogP contribution in [0.4, 0.5) is 0 Å². The molecule has 0 radical (unpaired) electrons. The van der Waals surface area contributed by atoms with E-state index >= 15 is 0 Å². The van der Waals surface area contributed by atoms with Crippen LogP contribution in [-0.2, 0) is 42.8 Å². The SMILES string of the molecule is CC1OC(O[C@@]2(C)CC(=O)[C@@]3(O)C4=C(C=C[C@]3(O)C2)C(=O)c2c(ccc([C@@H]3C[C@H]5OC6CC(=O)C(C)OC6O[C@H]5[C@H](C)O3)c2O)C4=O)C=CC1=O. The summed E-state index contributed by atoms with van der Waals surface area (Å²) in [4.78, 5) is 66.3. The number of Topliss-reactive ketones (excluding diaryl/α,β-unsaturated/α-hetero) is 4. The van der Waals surface area contributed by atoms with Crippen LogP contribution >= 0.6 is 0 Å². The highest BCUT2D eigenvalue weighted by molar-refractivity contribution is 6.32. The summed E-state index contributed by atoms with van der Waals surface area (Å²) in [5.41, 5.74) is -7.84. The van der Waals surface area contributed by atoms with Crippen LogP contribution in [0.3, 0.4) is 0 Å². The zero-order chi connectivity index (χ0) is 36.4. The van der Waals surface area contributed by atoms with Gasteiger partial charge in [-0.2, -0.15) is 0 Å². The third-order valence-corrected chi connectivity index (χ3v) is 11.2. The number of ketones is 5. The van der Waals surface area contributed by atoms with Gasteiger partial charge >= 0.3 is 0 Å². The summed E-state index contributed by atoms with van der Waals surface area (Å²) in [6.45, 7) is 6.53. The van der Waals surface area contributed by atoms with Gasteiger partial charge in [0, 0.05) is 42.4 Å². The molecular weight excluding hydrogens is 668 g/mol. The number of aromatic hydroxyl groups is 1. The summed E-state index contributed by atoms with van der Waals surface area (Å²) >= 11 is 0. The number of rotatable bonds is 3. The summed E-state index contributed by atoms with van der Waals surface area (Å²) in [7, 11) is 0. The molecular formula is C37H38O14. The second-order valence-corrected chi connectivity index (χ2v) is 14.8. The Morgan fingerprint density at radius 2 is 1.65 bits per heavy atom. The van der Waals surface area contributed by atoms with Crippen molar-refractivity contribution in [2.45, 2.75) is 125 Å². The van der Waals surface area contributed by atoms with Crippen molar-refractivity contribution in [3.8, 4) is 5.75 Å². The third kappa shape index (κ3) is 5.11. The maximum Gasteiger partial charge on any atom is 0.198 e. The van der Waals surface area contributed by atoms with E-state index in [-0.39, 0.29) is 53.1 Å². The van der Waals surface area contributed by atoms with E-state index in [9.17, 15) is 39.3 Å². The maximum atomic E-state index is 14.2. The molecule has 14 nitrogen and oxygen atoms in total. The van der Waals surface area contributed by atoms with Crippen molar-refractivity contribution in [1.29, 1.82) is 0 Å². The molecule has 8 rings (SSSR count). The van der Waals surface area contributed by atoms with Crippen LogP contribution in [-0.4, -0.2) is 110 Å². The quantitative estimate of drug-likeness (QED) is 0.411. The van der Waals surface area contributed by atoms with E-state index in [0.717, 1.165) is 6.08 Å². The van der Waals surface area contributed by atoms with E-state index in [1.54, 1.807) is 27.7 Å². The number of carbonyl (C=O) groups is 5. The largest absolute Gasteiger partial charge is 0.507 e. The predicted octanol–water partition coefficient (Wildman–Crippen LogP) is 1.81. The fourth-order valence-electron chi connectivity index (χ4n) is 8.60. The lowest BCUT2D eigenvalue weighted by molar-refractivity contribution is -0.347. The molecule has 1 aromatic carbocycles. The predicted molar refractivity (Wildman–Crippen MR) is 170 cm³/mol. The summed E-state index contributed by atoms with van der Waals surface area (Å²) < 4.78 is 36.0. The first-order valence-electron chi connectivity index (χ1n) is 17.1. The summed E-state index contributed by atoms with van der Waals surface area (Å²) in [6.07, 6.45) is -1.66. The summed E-state index contributed by atoms with van der Waals surface area (Å²) in [6, 6.07) is 2.77. The van der Waals surface area contributed by atoms with Gasteiger partial charge in [0.25, 0.3) is 0 Å². The number of hydrogen-bond donors (Lipinski definition) is 3. The Kier molecular flexibility index (Phi) is 7.84. The normalized spacial score (nSPS) is 43.3. The highest BCUT2D eigenvalue weighted by atomic mass is 16.7. The number of aliphatic hydroxyl groups is 2. The van der Waals surface area contributed by atoms with Crippen LogP contribution in [0, 0.1) is 0 Å². The molecule has 0 spiro atoms. The zero-order valence-electron chi connectivity index (χ0n) is 28.3. The Labute approximate surface area is 292 Å². The molecule has 4 aliphatic heterocycles. The van der Waals surface area contributed by atoms with Gasteiger partial charge in [-0.15, -0.1) is 0 Å². The number of phenolic OH excluding ortho intramolecular Hbond substituents is 1. The molecule has 0 aromatic heterocycles. The zero-order valence-corrected chi connectivity index (χ0v) is 28.3. The Morgan fingerprint density at radius 3 is 2.39 bits per heavy atom. The van der Waals surface area contributed by atoms with Crippen LogP contribution < -0.4 is 0 Å². The van der Waals surface area contributed by atoms with E-state index in [1.807, 2.05) is 0 Å². The van der Waals surface area contributed by atoms with Crippen molar-refractivity contribution in [1.82, 2.24) is 0 Å². The van der Waals surface area contributed by atoms with Gasteiger partial charge in [-0.25, -0.2) is 0 Å². The molecule has 3 aliphatic carbocycles. The van der Waals surface area contributed by atoms with Crippen LogP contribution in [0.1, 0.15) is 85.8 Å². The number of ether oxygens (including phenoxy) is 6. The molecule has 3 saturated heterocycles. The average Bonchev–Trinajstić information content (AvgIpc) is 3.05. The molecule has 1 saturated carbocycles. The molecule has 7 aliphatic rings. The minimum absolute atomic E-state index is 0.101. The van der Waals surface area contributed by atoms with Crippen molar-refractivity contribution in [2.24, 2.45) is 0 Å². The molecule has 270 valence electrons. The van der Waals surface area contributed by atoms with Crippen LogP contribution in [0.25, 0.3) is 0 Å². The second kappa shape index (κ2) is 11.6. The Hall–Kier alpha value is -3.73. The fraction of sp³-hybridized carbons (Fsp3) is 0.541. The first-order chi connectivity index (χ1) is 24.0. The molecule has 0 amide bonds. The van der Waals surface area contributed by atoms with Crippen molar-refractivity contribution in [3.05, 3.63) is 64.3 Å². The minimum Gasteiger partial charge on any atom is -0.507 e. The number of phenols is 1. The molecule has 3 N–H and O–H groups in total. The molecule has 5 unspecified atom stereocenters. The van der Waals surface area contributed by atoms with Crippen LogP contribution in [0.5, 0.6) is 5.75 Å². The Morgan fingerprint density at radius 1 is 0.882 bits per heavy atom. The highest BCUT2D eigenvalue weighted by Crippen LogP contribution is 2.53. The second-order valence-electron chi connectivity index (χ2n) is 14.8. The summed E-state index contributed by atoms with van der Waals surface area (Å²) in [5, 5.41) is 35.5. The van der Waals surface area contributed by atoms with E-state index < -0.39 is 107 Å². The van der Waals surface area contributed by atoms with Crippen LogP contribution in [0.2, 0.25) is 0 Å². The van der Waals surface area contributed by atoms with Crippen molar-refractivity contribution in [2.75, 3.05) is 0 Å². The number of benzene rings is 1. The van der Waals surface area contributed by atoms with Gasteiger partial charge in [0.15, 0.2) is 47.1 Å². The van der Waals surface area contributed by atoms with Crippen molar-refractivity contribution in [3.63, 3.8) is 0 Å². The smallest absolute Gasteiger partial charge is 0.198 e. The average molecular weight is 707 g/mol. The maximum absolute atomic E-state index is 14.2. The molecule has 12 atom stereocenters. The number of fused-ring (bicyclic) bond motifs is 5. The van der Waals surface area contributed by atoms with Gasteiger partial charge < -0.3 is 43.7 Å². The monoisotopic (exact) mass is 706 g/mol. The standard InChI is InChI=1S/C37H38O14/c1-15-21(38)7-8-27(47-15)51-35(4)13-26(40)37(45)29-20(9-10-36(37,44)14-35)31(42)28-19(32(29)43)6-5-18(30(28)41)23-12-24-33(17(3)46-23)50-34-25(49-24)11-22(39)16(2)48-34/h5-10,15-17,23-25,27,33-34,41,44-45H,11-14H2,1-4H3/t15?,16?,17-,23-,24+,25?,27?,33-,34?,35-,36-,37+/m0/s1. The van der Waals surface area contributed by atoms with Gasteiger partial charge in [-0.1, -0.05) is 12.1 Å². The minimum atomic E-state index is -2.81. The topological polar surface area (TPSA) is 201 Å². The Bertz CT molecular complexity index is 1880. The third-order valence-electron chi connectivity index (χ3n) is 11.2. The highest BCUT2D eigenvalue weighted by Gasteiger charge is 2.67. The number of hydrogen-bond acceptors (Lipinski definition) is 14. The number of carbonyl (C=O) groups excluding carboxylic acids is 5. The lowest BCUT2D eigenvalue weighted by atomic mass is 9.57. The summed E-state index contributed by atoms with van der Waals surface area (Å²) in [5.74, 6) is -3.55. The van der Waals surface area contributed by atoms with E-state index in [1.165, 1.54) is 30.4 Å².